The third-order valence-corrected chi connectivity index (χ3v) is 9.32. The molecule has 3 aromatic carbocycles. The molecular weight excluding hydrogens is 471 g/mol. The topological polar surface area (TPSA) is 40.5 Å². The highest BCUT2D eigenvalue weighted by Gasteiger charge is 2.32. The minimum Gasteiger partial charge on any atom is -0.507 e. The summed E-state index contributed by atoms with van der Waals surface area (Å²) in [6, 6.07) is 19.6. The van der Waals surface area contributed by atoms with Crippen LogP contribution in [0.1, 0.15) is 105 Å². The van der Waals surface area contributed by atoms with E-state index in [1.165, 1.54) is 15.9 Å². The molecule has 0 fully saturated rings. The first kappa shape index (κ1) is 29.2. The Labute approximate surface area is 226 Å². The second-order valence-electron chi connectivity index (χ2n) is 14.4. The van der Waals surface area contributed by atoms with E-state index in [1.807, 2.05) is 0 Å². The maximum absolute atomic E-state index is 11.4. The molecule has 3 heteroatoms. The molecule has 200 valence electrons. The zero-order valence-electron chi connectivity index (χ0n) is 25.0. The fourth-order valence-corrected chi connectivity index (χ4v) is 7.21. The minimum absolute atomic E-state index is 0.208. The summed E-state index contributed by atoms with van der Waals surface area (Å²) < 4.78 is 0. The lowest BCUT2D eigenvalue weighted by Crippen LogP contribution is -2.28. The average Bonchev–Trinajstić information content (AvgIpc) is 2.73. The molecule has 2 N–H and O–H groups in total. The summed E-state index contributed by atoms with van der Waals surface area (Å²) in [4.78, 5) is 0. The van der Waals surface area contributed by atoms with Crippen molar-refractivity contribution >= 4 is 23.8 Å². The lowest BCUT2D eigenvalue weighted by molar-refractivity contribution is 0.423. The third-order valence-electron chi connectivity index (χ3n) is 6.95. The van der Waals surface area contributed by atoms with Crippen LogP contribution >= 0.6 is 7.92 Å². The van der Waals surface area contributed by atoms with E-state index in [2.05, 4.69) is 138 Å². The van der Waals surface area contributed by atoms with Gasteiger partial charge in [0, 0.05) is 22.3 Å². The number of benzene rings is 3. The van der Waals surface area contributed by atoms with Gasteiger partial charge < -0.3 is 10.2 Å². The Hall–Kier alpha value is -2.31. The Kier molecular flexibility index (Phi) is 7.73. The van der Waals surface area contributed by atoms with Crippen LogP contribution in [0.25, 0.3) is 0 Å². The van der Waals surface area contributed by atoms with Crippen LogP contribution in [0.3, 0.4) is 0 Å². The zero-order valence-corrected chi connectivity index (χ0v) is 25.9. The van der Waals surface area contributed by atoms with Gasteiger partial charge in [0.2, 0.25) is 0 Å². The highest BCUT2D eigenvalue weighted by molar-refractivity contribution is 7.79. The van der Waals surface area contributed by atoms with Crippen molar-refractivity contribution in [3.8, 4) is 11.5 Å². The van der Waals surface area contributed by atoms with Gasteiger partial charge in [-0.3, -0.25) is 0 Å². The van der Waals surface area contributed by atoms with E-state index < -0.39 is 7.92 Å². The number of hydrogen-bond acceptors (Lipinski definition) is 2. The van der Waals surface area contributed by atoms with Gasteiger partial charge in [-0.1, -0.05) is 113 Å². The number of rotatable bonds is 3. The molecule has 0 amide bonds. The largest absolute Gasteiger partial charge is 0.507 e. The van der Waals surface area contributed by atoms with E-state index in [9.17, 15) is 10.2 Å². The number of phenols is 2. The van der Waals surface area contributed by atoms with Crippen LogP contribution in [0, 0.1) is 0 Å². The molecule has 0 spiro atoms. The molecule has 0 atom stereocenters. The maximum Gasteiger partial charge on any atom is 0.123 e. The second-order valence-corrected chi connectivity index (χ2v) is 16.7. The van der Waals surface area contributed by atoms with Crippen molar-refractivity contribution in [1.29, 1.82) is 0 Å². The van der Waals surface area contributed by atoms with Crippen LogP contribution in [0.2, 0.25) is 0 Å². The van der Waals surface area contributed by atoms with Crippen molar-refractivity contribution in [2.45, 2.75) is 105 Å². The molecule has 0 aromatic heterocycles. The highest BCUT2D eigenvalue weighted by atomic mass is 31.1. The molecule has 0 aliphatic rings. The molecule has 0 bridgehead atoms. The predicted molar refractivity (Wildman–Crippen MR) is 163 cm³/mol. The Balaban J connectivity index is 2.49. The van der Waals surface area contributed by atoms with Crippen LogP contribution < -0.4 is 15.9 Å². The first-order chi connectivity index (χ1) is 16.7. The van der Waals surface area contributed by atoms with Gasteiger partial charge in [-0.25, -0.2) is 0 Å². The van der Waals surface area contributed by atoms with Gasteiger partial charge in [-0.05, 0) is 69.8 Å². The molecule has 0 saturated heterocycles. The SMILES string of the molecule is CC(C)(C)c1cc(P(c2ccccc2)c2cc(C(C)(C)C)c(O)c(C(C)(C)C)c2)cc(C(C)(C)C)c1O. The summed E-state index contributed by atoms with van der Waals surface area (Å²) >= 11 is 0. The summed E-state index contributed by atoms with van der Waals surface area (Å²) in [5, 5.41) is 26.5. The van der Waals surface area contributed by atoms with Gasteiger partial charge >= 0.3 is 0 Å². The fourth-order valence-electron chi connectivity index (χ4n) is 4.81. The molecule has 0 heterocycles. The molecule has 0 radical (unpaired) electrons. The fraction of sp³-hybridized carbons (Fsp3) is 0.471. The molecule has 0 unspecified atom stereocenters. The number of phenolic OH excluding ortho intramolecular Hbond substituents is 2. The molecule has 3 rings (SSSR count). The first-order valence-electron chi connectivity index (χ1n) is 13.3. The van der Waals surface area contributed by atoms with Crippen LogP contribution in [-0.2, 0) is 21.7 Å². The summed E-state index contributed by atoms with van der Waals surface area (Å²) in [5.41, 5.74) is 3.07. The Morgan fingerprint density at radius 1 is 0.432 bits per heavy atom. The average molecular weight is 519 g/mol. The minimum atomic E-state index is -0.946. The smallest absolute Gasteiger partial charge is 0.123 e. The summed E-state index contributed by atoms with van der Waals surface area (Å²) in [6.45, 7) is 26.0. The molecule has 37 heavy (non-hydrogen) atoms. The molecule has 3 aromatic rings. The molecular formula is C34H47O2P. The number of aromatic hydroxyl groups is 2. The van der Waals surface area contributed by atoms with Gasteiger partial charge in [0.05, 0.1) is 0 Å². The van der Waals surface area contributed by atoms with Gasteiger partial charge in [-0.15, -0.1) is 0 Å². The van der Waals surface area contributed by atoms with Crippen LogP contribution in [0.15, 0.2) is 54.6 Å². The first-order valence-corrected chi connectivity index (χ1v) is 14.7. The monoisotopic (exact) mass is 518 g/mol. The lowest BCUT2D eigenvalue weighted by Gasteiger charge is -2.32. The normalized spacial score (nSPS) is 13.3. The zero-order chi connectivity index (χ0) is 28.1. The third kappa shape index (κ3) is 6.23. The predicted octanol–water partition coefficient (Wildman–Crippen LogP) is 8.05. The van der Waals surface area contributed by atoms with E-state index in [0.29, 0.717) is 11.5 Å². The molecule has 2 nitrogen and oxygen atoms in total. The Bertz CT molecular complexity index is 1110. The quantitative estimate of drug-likeness (QED) is 0.344. The van der Waals surface area contributed by atoms with Crippen molar-refractivity contribution in [3.63, 3.8) is 0 Å². The number of hydrogen-bond donors (Lipinski definition) is 2. The summed E-state index contributed by atoms with van der Waals surface area (Å²) in [6.07, 6.45) is 0. The molecule has 0 saturated carbocycles. The van der Waals surface area contributed by atoms with Gasteiger partial charge in [0.15, 0.2) is 0 Å². The highest BCUT2D eigenvalue weighted by Crippen LogP contribution is 2.45. The van der Waals surface area contributed by atoms with Crippen molar-refractivity contribution in [2.75, 3.05) is 0 Å². The molecule has 0 aliphatic heterocycles. The molecule has 0 aliphatic carbocycles. The second kappa shape index (κ2) is 9.77. The van der Waals surface area contributed by atoms with E-state index in [4.69, 9.17) is 0 Å². The van der Waals surface area contributed by atoms with Gasteiger partial charge in [0.25, 0.3) is 0 Å². The van der Waals surface area contributed by atoms with Crippen molar-refractivity contribution in [1.82, 2.24) is 0 Å². The van der Waals surface area contributed by atoms with E-state index in [-0.39, 0.29) is 21.7 Å². The van der Waals surface area contributed by atoms with Crippen molar-refractivity contribution in [3.05, 3.63) is 76.9 Å². The van der Waals surface area contributed by atoms with Gasteiger partial charge in [0.1, 0.15) is 11.5 Å². The van der Waals surface area contributed by atoms with Crippen molar-refractivity contribution < 1.29 is 10.2 Å². The summed E-state index contributed by atoms with van der Waals surface area (Å²) in [7, 11) is -0.946. The maximum atomic E-state index is 11.4. The van der Waals surface area contributed by atoms with Crippen LogP contribution in [-0.4, -0.2) is 10.2 Å². The lowest BCUT2D eigenvalue weighted by atomic mass is 9.79. The van der Waals surface area contributed by atoms with Crippen LogP contribution in [0.5, 0.6) is 11.5 Å². The van der Waals surface area contributed by atoms with E-state index in [0.717, 1.165) is 22.3 Å². The summed E-state index contributed by atoms with van der Waals surface area (Å²) in [5.74, 6) is 0.812. The Morgan fingerprint density at radius 3 is 0.946 bits per heavy atom. The standard InChI is InChI=1S/C34H47O2P/c1-31(2,3)25-18-23(19-26(29(25)35)32(4,5)6)37(22-16-14-13-15-17-22)24-20-27(33(7,8)9)30(36)28(21-24)34(10,11)12/h13-21,35-36H,1-12H3. The van der Waals surface area contributed by atoms with Gasteiger partial charge in [-0.2, -0.15) is 0 Å². The van der Waals surface area contributed by atoms with E-state index in [1.54, 1.807) is 0 Å². The Morgan fingerprint density at radius 2 is 0.703 bits per heavy atom. The van der Waals surface area contributed by atoms with Crippen molar-refractivity contribution in [2.24, 2.45) is 0 Å². The van der Waals surface area contributed by atoms with Crippen LogP contribution in [0.4, 0.5) is 0 Å². The van der Waals surface area contributed by atoms with E-state index >= 15 is 0 Å².